The first-order chi connectivity index (χ1) is 8.29. The van der Waals surface area contributed by atoms with Gasteiger partial charge in [-0.1, -0.05) is 12.8 Å². The maximum atomic E-state index is 9.34. The summed E-state index contributed by atoms with van der Waals surface area (Å²) in [4.78, 5) is 8.51. The number of aryl methyl sites for hydroxylation is 1. The van der Waals surface area contributed by atoms with Gasteiger partial charge in [0.25, 0.3) is 0 Å². The first-order valence-corrected chi connectivity index (χ1v) is 6.44. The van der Waals surface area contributed by atoms with E-state index in [0.29, 0.717) is 24.4 Å². The van der Waals surface area contributed by atoms with Crippen LogP contribution in [0.25, 0.3) is 0 Å². The van der Waals surface area contributed by atoms with E-state index in [4.69, 9.17) is 0 Å². The molecule has 1 aliphatic rings. The van der Waals surface area contributed by atoms with Crippen molar-refractivity contribution in [3.05, 3.63) is 18.0 Å². The molecule has 2 atom stereocenters. The van der Waals surface area contributed by atoms with Crippen LogP contribution in [0.3, 0.4) is 0 Å². The van der Waals surface area contributed by atoms with Crippen molar-refractivity contribution >= 4 is 5.95 Å². The van der Waals surface area contributed by atoms with E-state index in [9.17, 15) is 5.11 Å². The summed E-state index contributed by atoms with van der Waals surface area (Å²) in [5.41, 5.74) is 0.977. The summed E-state index contributed by atoms with van der Waals surface area (Å²) in [6, 6.07) is 1.89. The number of aliphatic hydroxyl groups excluding tert-OH is 1. The van der Waals surface area contributed by atoms with Crippen molar-refractivity contribution in [2.24, 2.45) is 11.8 Å². The molecule has 0 amide bonds. The first-order valence-electron chi connectivity index (χ1n) is 6.44. The van der Waals surface area contributed by atoms with Gasteiger partial charge in [-0.15, -0.1) is 0 Å². The van der Waals surface area contributed by atoms with Gasteiger partial charge in [-0.25, -0.2) is 9.97 Å². The Morgan fingerprint density at radius 2 is 2.12 bits per heavy atom. The zero-order valence-corrected chi connectivity index (χ0v) is 10.4. The largest absolute Gasteiger partial charge is 0.396 e. The molecule has 0 spiro atoms. The lowest BCUT2D eigenvalue weighted by Gasteiger charge is -2.30. The van der Waals surface area contributed by atoms with Gasteiger partial charge in [-0.2, -0.15) is 0 Å². The molecule has 1 heterocycles. The fourth-order valence-corrected chi connectivity index (χ4v) is 2.55. The molecule has 1 saturated carbocycles. The van der Waals surface area contributed by atoms with Crippen LogP contribution in [0, 0.1) is 18.8 Å². The van der Waals surface area contributed by atoms with Crippen molar-refractivity contribution in [3.8, 4) is 0 Å². The van der Waals surface area contributed by atoms with E-state index in [1.165, 1.54) is 19.3 Å². The lowest BCUT2D eigenvalue weighted by atomic mass is 9.80. The molecule has 0 aliphatic heterocycles. The van der Waals surface area contributed by atoms with E-state index in [2.05, 4.69) is 15.3 Å². The van der Waals surface area contributed by atoms with E-state index in [0.717, 1.165) is 18.7 Å². The maximum absolute atomic E-state index is 9.34. The van der Waals surface area contributed by atoms with Crippen LogP contribution >= 0.6 is 0 Å². The summed E-state index contributed by atoms with van der Waals surface area (Å²) >= 11 is 0. The molecular weight excluding hydrogens is 214 g/mol. The van der Waals surface area contributed by atoms with Crippen LogP contribution in [0.5, 0.6) is 0 Å². The van der Waals surface area contributed by atoms with Crippen molar-refractivity contribution in [1.82, 2.24) is 9.97 Å². The highest BCUT2D eigenvalue weighted by Gasteiger charge is 2.24. The monoisotopic (exact) mass is 235 g/mol. The molecule has 4 nitrogen and oxygen atoms in total. The molecule has 2 rings (SSSR count). The Labute approximate surface area is 102 Å². The summed E-state index contributed by atoms with van der Waals surface area (Å²) in [5, 5.41) is 12.6. The molecule has 0 saturated heterocycles. The molecule has 17 heavy (non-hydrogen) atoms. The van der Waals surface area contributed by atoms with Crippen molar-refractivity contribution in [3.63, 3.8) is 0 Å². The zero-order chi connectivity index (χ0) is 12.1. The van der Waals surface area contributed by atoms with E-state index in [1.807, 2.05) is 13.0 Å². The molecule has 2 unspecified atom stereocenters. The van der Waals surface area contributed by atoms with Crippen LogP contribution in [-0.4, -0.2) is 28.2 Å². The molecule has 4 heteroatoms. The molecule has 94 valence electrons. The van der Waals surface area contributed by atoms with Gasteiger partial charge in [0, 0.05) is 25.0 Å². The minimum atomic E-state index is 0.307. The minimum absolute atomic E-state index is 0.307. The number of aromatic nitrogens is 2. The van der Waals surface area contributed by atoms with Crippen molar-refractivity contribution < 1.29 is 5.11 Å². The topological polar surface area (TPSA) is 58.0 Å². The van der Waals surface area contributed by atoms with Crippen molar-refractivity contribution in [1.29, 1.82) is 0 Å². The number of aliphatic hydroxyl groups is 1. The Hall–Kier alpha value is -1.16. The molecular formula is C13H21N3O. The Balaban J connectivity index is 1.88. The average Bonchev–Trinajstić information content (AvgIpc) is 2.37. The molecule has 1 aromatic rings. The number of nitrogens with one attached hydrogen (secondary N) is 1. The number of anilines is 1. The fourth-order valence-electron chi connectivity index (χ4n) is 2.55. The molecule has 1 aliphatic carbocycles. The van der Waals surface area contributed by atoms with Crippen LogP contribution < -0.4 is 5.32 Å². The van der Waals surface area contributed by atoms with Gasteiger partial charge >= 0.3 is 0 Å². The normalized spacial score (nSPS) is 24.6. The first kappa shape index (κ1) is 12.3. The third-order valence-electron chi connectivity index (χ3n) is 3.62. The molecule has 0 radical (unpaired) electrons. The minimum Gasteiger partial charge on any atom is -0.396 e. The zero-order valence-electron chi connectivity index (χ0n) is 10.4. The van der Waals surface area contributed by atoms with E-state index >= 15 is 0 Å². The van der Waals surface area contributed by atoms with Crippen LogP contribution in [0.1, 0.15) is 31.4 Å². The lowest BCUT2D eigenvalue weighted by Crippen LogP contribution is -2.29. The lowest BCUT2D eigenvalue weighted by molar-refractivity contribution is 0.141. The molecule has 0 aromatic carbocycles. The maximum Gasteiger partial charge on any atom is 0.222 e. The molecule has 2 N–H and O–H groups in total. The fraction of sp³-hybridized carbons (Fsp3) is 0.692. The van der Waals surface area contributed by atoms with Crippen LogP contribution in [0.2, 0.25) is 0 Å². The summed E-state index contributed by atoms with van der Waals surface area (Å²) in [6.45, 7) is 3.14. The number of hydrogen-bond donors (Lipinski definition) is 2. The van der Waals surface area contributed by atoms with E-state index in [1.54, 1.807) is 6.20 Å². The van der Waals surface area contributed by atoms with Gasteiger partial charge in [0.1, 0.15) is 0 Å². The van der Waals surface area contributed by atoms with Gasteiger partial charge in [-0.3, -0.25) is 0 Å². The quantitative estimate of drug-likeness (QED) is 0.838. The SMILES string of the molecule is Cc1ccnc(NCC2CCCCC2CO)n1. The summed E-state index contributed by atoms with van der Waals surface area (Å²) < 4.78 is 0. The van der Waals surface area contributed by atoms with Gasteiger partial charge in [-0.05, 0) is 37.7 Å². The van der Waals surface area contributed by atoms with E-state index in [-0.39, 0.29) is 0 Å². The highest BCUT2D eigenvalue weighted by atomic mass is 16.3. The Kier molecular flexibility index (Phi) is 4.31. The van der Waals surface area contributed by atoms with Gasteiger partial charge < -0.3 is 10.4 Å². The number of nitrogens with zero attached hydrogens (tertiary/aromatic N) is 2. The third kappa shape index (κ3) is 3.40. The Morgan fingerprint density at radius 1 is 1.35 bits per heavy atom. The Bertz CT molecular complexity index is 356. The number of rotatable bonds is 4. The predicted molar refractivity (Wildman–Crippen MR) is 67.8 cm³/mol. The molecule has 1 aromatic heterocycles. The second kappa shape index (κ2) is 5.96. The highest BCUT2D eigenvalue weighted by Crippen LogP contribution is 2.29. The summed E-state index contributed by atoms with van der Waals surface area (Å²) in [5.74, 6) is 1.70. The van der Waals surface area contributed by atoms with E-state index < -0.39 is 0 Å². The van der Waals surface area contributed by atoms with Gasteiger partial charge in [0.2, 0.25) is 5.95 Å². The number of hydrogen-bond acceptors (Lipinski definition) is 4. The van der Waals surface area contributed by atoms with Crippen LogP contribution in [0.4, 0.5) is 5.95 Å². The molecule has 0 bridgehead atoms. The third-order valence-corrected chi connectivity index (χ3v) is 3.62. The van der Waals surface area contributed by atoms with Crippen molar-refractivity contribution in [2.45, 2.75) is 32.6 Å². The average molecular weight is 235 g/mol. The van der Waals surface area contributed by atoms with Crippen LogP contribution in [0.15, 0.2) is 12.3 Å². The summed E-state index contributed by atoms with van der Waals surface area (Å²) in [7, 11) is 0. The predicted octanol–water partition coefficient (Wildman–Crippen LogP) is 2.00. The smallest absolute Gasteiger partial charge is 0.222 e. The van der Waals surface area contributed by atoms with Crippen molar-refractivity contribution in [2.75, 3.05) is 18.5 Å². The van der Waals surface area contributed by atoms with Gasteiger partial charge in [0.15, 0.2) is 0 Å². The van der Waals surface area contributed by atoms with Gasteiger partial charge in [0.05, 0.1) is 0 Å². The highest BCUT2D eigenvalue weighted by molar-refractivity contribution is 5.24. The molecule has 1 fully saturated rings. The summed E-state index contributed by atoms with van der Waals surface area (Å²) in [6.07, 6.45) is 6.65. The second-order valence-corrected chi connectivity index (χ2v) is 4.89. The Morgan fingerprint density at radius 3 is 2.82 bits per heavy atom. The standard InChI is InChI=1S/C13H21N3O/c1-10-6-7-14-13(16-10)15-8-11-4-2-3-5-12(11)9-17/h6-7,11-12,17H,2-5,8-9H2,1H3,(H,14,15,16). The van der Waals surface area contributed by atoms with Crippen LogP contribution in [-0.2, 0) is 0 Å². The second-order valence-electron chi connectivity index (χ2n) is 4.89.